The molecule has 0 aromatic heterocycles. The number of nitrogens with one attached hydrogen (secondary N) is 1. The van der Waals surface area contributed by atoms with Gasteiger partial charge in [-0.3, -0.25) is 4.79 Å². The molecule has 1 unspecified atom stereocenters. The zero-order chi connectivity index (χ0) is 12.0. The molecule has 0 spiro atoms. The Bertz CT molecular complexity index is 213. The summed E-state index contributed by atoms with van der Waals surface area (Å²) >= 11 is 0. The van der Waals surface area contributed by atoms with Gasteiger partial charge in [0.2, 0.25) is 5.91 Å². The zero-order valence-corrected chi connectivity index (χ0v) is 10.7. The van der Waals surface area contributed by atoms with Crippen molar-refractivity contribution in [1.82, 2.24) is 10.2 Å². The van der Waals surface area contributed by atoms with Gasteiger partial charge in [0.05, 0.1) is 6.10 Å². The summed E-state index contributed by atoms with van der Waals surface area (Å²) in [7, 11) is 1.86. The van der Waals surface area contributed by atoms with E-state index in [1.165, 1.54) is 0 Å². The minimum absolute atomic E-state index is 0.198. The van der Waals surface area contributed by atoms with E-state index in [1.807, 2.05) is 7.05 Å². The maximum absolute atomic E-state index is 11.7. The molecule has 1 fully saturated rings. The van der Waals surface area contributed by atoms with Crippen LogP contribution in [-0.4, -0.2) is 49.7 Å². The lowest BCUT2D eigenvalue weighted by Gasteiger charge is -2.21. The molecule has 1 rings (SSSR count). The highest BCUT2D eigenvalue weighted by atomic mass is 16.5. The van der Waals surface area contributed by atoms with Crippen molar-refractivity contribution in [3.05, 3.63) is 0 Å². The Balaban J connectivity index is 2.14. The van der Waals surface area contributed by atoms with E-state index >= 15 is 0 Å². The fraction of sp³-hybridized carbons (Fsp3) is 0.917. The van der Waals surface area contributed by atoms with Crippen molar-refractivity contribution >= 4 is 5.91 Å². The van der Waals surface area contributed by atoms with Crippen LogP contribution < -0.4 is 5.32 Å². The lowest BCUT2D eigenvalue weighted by Crippen LogP contribution is -2.36. The first-order chi connectivity index (χ1) is 7.59. The molecule has 1 N–H and O–H groups in total. The Kier molecular flexibility index (Phi) is 5.77. The highest BCUT2D eigenvalue weighted by molar-refractivity contribution is 5.76. The predicted octanol–water partition coefficient (Wildman–Crippen LogP) is 1.01. The van der Waals surface area contributed by atoms with Gasteiger partial charge in [0, 0.05) is 39.2 Å². The van der Waals surface area contributed by atoms with Crippen molar-refractivity contribution in [2.24, 2.45) is 0 Å². The summed E-state index contributed by atoms with van der Waals surface area (Å²) in [6.45, 7) is 6.51. The van der Waals surface area contributed by atoms with E-state index in [1.54, 1.807) is 4.90 Å². The summed E-state index contributed by atoms with van der Waals surface area (Å²) in [6, 6.07) is 0.441. The van der Waals surface area contributed by atoms with Gasteiger partial charge in [-0.2, -0.15) is 0 Å². The van der Waals surface area contributed by atoms with Crippen LogP contribution in [0, 0.1) is 0 Å². The number of ether oxygens (including phenoxy) is 1. The third-order valence-corrected chi connectivity index (χ3v) is 2.82. The van der Waals surface area contributed by atoms with Crippen LogP contribution in [0.3, 0.4) is 0 Å². The summed E-state index contributed by atoms with van der Waals surface area (Å²) in [5.41, 5.74) is 0. The molecule has 0 aliphatic carbocycles. The van der Waals surface area contributed by atoms with Crippen LogP contribution in [0.15, 0.2) is 0 Å². The molecule has 1 aliphatic heterocycles. The predicted molar refractivity (Wildman–Crippen MR) is 64.4 cm³/mol. The smallest absolute Gasteiger partial charge is 0.223 e. The average molecular weight is 228 g/mol. The normalized spacial score (nSPS) is 20.4. The average Bonchev–Trinajstić information content (AvgIpc) is 2.69. The van der Waals surface area contributed by atoms with Gasteiger partial charge in [-0.1, -0.05) is 13.8 Å². The lowest BCUT2D eigenvalue weighted by atomic mass is 10.2. The van der Waals surface area contributed by atoms with Crippen LogP contribution in [0.2, 0.25) is 0 Å². The fourth-order valence-corrected chi connectivity index (χ4v) is 1.85. The standard InChI is InChI=1S/C12H24N2O2/c1-10(2)13-7-6-12(15)14(3)9-11-5-4-8-16-11/h10-11,13H,4-9H2,1-3H3. The van der Waals surface area contributed by atoms with Crippen LogP contribution in [0.4, 0.5) is 0 Å². The Hall–Kier alpha value is -0.610. The van der Waals surface area contributed by atoms with Gasteiger partial charge >= 0.3 is 0 Å². The summed E-state index contributed by atoms with van der Waals surface area (Å²) in [5.74, 6) is 0.198. The maximum atomic E-state index is 11.7. The summed E-state index contributed by atoms with van der Waals surface area (Å²) in [4.78, 5) is 13.5. The van der Waals surface area contributed by atoms with E-state index in [0.717, 1.165) is 32.5 Å². The summed E-state index contributed by atoms with van der Waals surface area (Å²) in [5, 5.41) is 3.25. The third-order valence-electron chi connectivity index (χ3n) is 2.82. The molecule has 4 heteroatoms. The van der Waals surface area contributed by atoms with Crippen molar-refractivity contribution in [2.75, 3.05) is 26.7 Å². The molecule has 0 aromatic carbocycles. The SMILES string of the molecule is CC(C)NCCC(=O)N(C)CC1CCCO1. The first kappa shape index (κ1) is 13.5. The highest BCUT2D eigenvalue weighted by Crippen LogP contribution is 2.12. The van der Waals surface area contributed by atoms with Gasteiger partial charge in [0.15, 0.2) is 0 Å². The summed E-state index contributed by atoms with van der Waals surface area (Å²) in [6.07, 6.45) is 3.04. The van der Waals surface area contributed by atoms with Crippen LogP contribution >= 0.6 is 0 Å². The lowest BCUT2D eigenvalue weighted by molar-refractivity contribution is -0.131. The number of carbonyl (C=O) groups excluding carboxylic acids is 1. The topological polar surface area (TPSA) is 41.6 Å². The zero-order valence-electron chi connectivity index (χ0n) is 10.7. The number of rotatable bonds is 6. The number of carbonyl (C=O) groups is 1. The molecule has 1 saturated heterocycles. The monoisotopic (exact) mass is 228 g/mol. The maximum Gasteiger partial charge on any atom is 0.223 e. The van der Waals surface area contributed by atoms with E-state index < -0.39 is 0 Å². The molecule has 0 bridgehead atoms. The Morgan fingerprint density at radius 3 is 2.88 bits per heavy atom. The van der Waals surface area contributed by atoms with Gasteiger partial charge in [-0.05, 0) is 12.8 Å². The molecule has 1 heterocycles. The van der Waals surface area contributed by atoms with Crippen molar-refractivity contribution < 1.29 is 9.53 Å². The quantitative estimate of drug-likeness (QED) is 0.738. The molecular weight excluding hydrogens is 204 g/mol. The van der Waals surface area contributed by atoms with Crippen molar-refractivity contribution in [3.63, 3.8) is 0 Å². The van der Waals surface area contributed by atoms with Gasteiger partial charge < -0.3 is 15.0 Å². The molecule has 4 nitrogen and oxygen atoms in total. The van der Waals surface area contributed by atoms with Gasteiger partial charge in [0.25, 0.3) is 0 Å². The molecule has 0 radical (unpaired) electrons. The first-order valence-corrected chi connectivity index (χ1v) is 6.18. The van der Waals surface area contributed by atoms with Crippen molar-refractivity contribution in [2.45, 2.75) is 45.3 Å². The molecule has 16 heavy (non-hydrogen) atoms. The molecule has 94 valence electrons. The van der Waals surface area contributed by atoms with Crippen LogP contribution in [0.5, 0.6) is 0 Å². The number of hydrogen-bond donors (Lipinski definition) is 1. The van der Waals surface area contributed by atoms with Gasteiger partial charge in [-0.15, -0.1) is 0 Å². The second kappa shape index (κ2) is 6.86. The van der Waals surface area contributed by atoms with Crippen molar-refractivity contribution in [1.29, 1.82) is 0 Å². The minimum Gasteiger partial charge on any atom is -0.376 e. The van der Waals surface area contributed by atoms with Crippen LogP contribution in [0.1, 0.15) is 33.1 Å². The van der Waals surface area contributed by atoms with Crippen molar-refractivity contribution in [3.8, 4) is 0 Å². The number of hydrogen-bond acceptors (Lipinski definition) is 3. The molecule has 1 amide bonds. The Morgan fingerprint density at radius 1 is 1.56 bits per heavy atom. The van der Waals surface area contributed by atoms with Crippen LogP contribution in [-0.2, 0) is 9.53 Å². The second-order valence-corrected chi connectivity index (χ2v) is 4.77. The van der Waals surface area contributed by atoms with Gasteiger partial charge in [-0.25, -0.2) is 0 Å². The Labute approximate surface area is 98.3 Å². The van der Waals surface area contributed by atoms with E-state index in [4.69, 9.17) is 4.74 Å². The minimum atomic E-state index is 0.198. The molecule has 1 aliphatic rings. The van der Waals surface area contributed by atoms with E-state index in [-0.39, 0.29) is 12.0 Å². The van der Waals surface area contributed by atoms with E-state index in [2.05, 4.69) is 19.2 Å². The molecule has 0 aromatic rings. The number of nitrogens with zero attached hydrogens (tertiary/aromatic N) is 1. The largest absolute Gasteiger partial charge is 0.376 e. The van der Waals surface area contributed by atoms with E-state index in [9.17, 15) is 4.79 Å². The number of likely N-dealkylation sites (N-methyl/N-ethyl adjacent to an activating group) is 1. The van der Waals surface area contributed by atoms with Gasteiger partial charge in [0.1, 0.15) is 0 Å². The molecular formula is C12H24N2O2. The number of amides is 1. The van der Waals surface area contributed by atoms with E-state index in [0.29, 0.717) is 12.5 Å². The third kappa shape index (κ3) is 4.94. The highest BCUT2D eigenvalue weighted by Gasteiger charge is 2.19. The Morgan fingerprint density at radius 2 is 2.31 bits per heavy atom. The van der Waals surface area contributed by atoms with Crippen LogP contribution in [0.25, 0.3) is 0 Å². The molecule has 1 atom stereocenters. The second-order valence-electron chi connectivity index (χ2n) is 4.77. The first-order valence-electron chi connectivity index (χ1n) is 6.18. The molecule has 0 saturated carbocycles. The fourth-order valence-electron chi connectivity index (χ4n) is 1.85. The summed E-state index contributed by atoms with van der Waals surface area (Å²) < 4.78 is 5.51.